The van der Waals surface area contributed by atoms with Crippen LogP contribution in [0.1, 0.15) is 2.85 Å². The second kappa shape index (κ2) is 9.12. The fraction of sp³-hybridized carbons (Fsp3) is 0. The summed E-state index contributed by atoms with van der Waals surface area (Å²) in [5.41, 5.74) is 0. The molecule has 0 radical (unpaired) electrons. The Morgan fingerprint density at radius 3 is 1.25 bits per heavy atom. The van der Waals surface area contributed by atoms with Gasteiger partial charge in [-0.3, -0.25) is 0 Å². The zero-order valence-electron chi connectivity index (χ0n) is 15.0. The third-order valence-electron chi connectivity index (χ3n) is 3.40. The molecule has 0 saturated heterocycles. The summed E-state index contributed by atoms with van der Waals surface area (Å²) in [7, 11) is -5.04. The van der Waals surface area contributed by atoms with E-state index in [4.69, 9.17) is 3.97 Å². The van der Waals surface area contributed by atoms with Crippen molar-refractivity contribution in [2.45, 2.75) is 14.7 Å². The van der Waals surface area contributed by atoms with Gasteiger partial charge in [0.1, 0.15) is 0 Å². The molecule has 0 aromatic heterocycles. The van der Waals surface area contributed by atoms with Crippen molar-refractivity contribution in [3.63, 3.8) is 0 Å². The molecular formula is C18H18CaO3PS+. The molecular weight excluding hydrogens is 367 g/mol. The van der Waals surface area contributed by atoms with Crippen LogP contribution in [0.4, 0.5) is 0 Å². The first-order valence-corrected chi connectivity index (χ1v) is 9.76. The summed E-state index contributed by atoms with van der Waals surface area (Å²) >= 11 is 0. The van der Waals surface area contributed by atoms with Crippen LogP contribution >= 0.6 is 18.6 Å². The van der Waals surface area contributed by atoms with Gasteiger partial charge in [0.25, 0.3) is 0 Å². The van der Waals surface area contributed by atoms with Crippen molar-refractivity contribution in [3.8, 4) is 0 Å². The van der Waals surface area contributed by atoms with Gasteiger partial charge < -0.3 is 2.85 Å². The van der Waals surface area contributed by atoms with E-state index in [9.17, 15) is 9.46 Å². The van der Waals surface area contributed by atoms with Gasteiger partial charge in [0.15, 0.2) is 0 Å². The van der Waals surface area contributed by atoms with Crippen LogP contribution in [0.5, 0.6) is 0 Å². The van der Waals surface area contributed by atoms with Crippen molar-refractivity contribution in [2.75, 3.05) is 0 Å². The third kappa shape index (κ3) is 4.09. The van der Waals surface area contributed by atoms with E-state index in [1.165, 1.54) is 0 Å². The average molecular weight is 385 g/mol. The van der Waals surface area contributed by atoms with Gasteiger partial charge in [-0.25, -0.2) is 0 Å². The smallest absolute Gasteiger partial charge is 1.00 e. The van der Waals surface area contributed by atoms with Crippen molar-refractivity contribution < 1.29 is 16.3 Å². The van der Waals surface area contributed by atoms with Crippen molar-refractivity contribution in [3.05, 3.63) is 91.0 Å². The molecule has 1 atom stereocenters. The largest absolute Gasteiger partial charge is 2.00 e. The van der Waals surface area contributed by atoms with E-state index >= 15 is 0 Å². The quantitative estimate of drug-likeness (QED) is 0.473. The SMILES string of the molecule is O=[P+](O)OS(c1ccccc1)(c1ccccc1)c1ccccc1.[Ca+2].[H-].[H-]. The van der Waals surface area contributed by atoms with Crippen LogP contribution in [0.25, 0.3) is 0 Å². The van der Waals surface area contributed by atoms with E-state index in [2.05, 4.69) is 0 Å². The average Bonchev–Trinajstić information content (AvgIpc) is 2.62. The molecule has 0 aliphatic heterocycles. The van der Waals surface area contributed by atoms with Crippen LogP contribution in [-0.4, -0.2) is 42.6 Å². The molecule has 3 aromatic rings. The van der Waals surface area contributed by atoms with Gasteiger partial charge in [-0.2, -0.15) is 0 Å². The Bertz CT molecular complexity index is 699. The minimum Gasteiger partial charge on any atom is -1.00 e. The molecule has 3 nitrogen and oxygen atoms in total. The molecule has 3 aromatic carbocycles. The summed E-state index contributed by atoms with van der Waals surface area (Å²) < 4.78 is 17.4. The number of rotatable bonds is 5. The standard InChI is InChI=1S/C18H15O3PS.Ca.2H/c19-22(20)21-23(16-10-4-1-5-11-16,17-12-6-2-7-13-17)18-14-8-3-9-15-18;;;/h1-15H;;;/q;+2;2*-1/p+1. The van der Waals surface area contributed by atoms with Crippen molar-refractivity contribution >= 4 is 56.3 Å². The molecule has 0 spiro atoms. The fourth-order valence-corrected chi connectivity index (χ4v) is 6.71. The van der Waals surface area contributed by atoms with Crippen LogP contribution in [0.3, 0.4) is 0 Å². The topological polar surface area (TPSA) is 46.5 Å². The molecule has 0 aliphatic rings. The Kier molecular flexibility index (Phi) is 7.45. The number of hydrogen-bond acceptors (Lipinski definition) is 2. The molecule has 0 amide bonds. The van der Waals surface area contributed by atoms with Crippen LogP contribution in [0.15, 0.2) is 106 Å². The van der Waals surface area contributed by atoms with Crippen molar-refractivity contribution in [1.29, 1.82) is 0 Å². The normalized spacial score (nSPS) is 12.1. The first-order chi connectivity index (χ1) is 11.2. The van der Waals surface area contributed by atoms with Gasteiger partial charge in [0.05, 0.1) is 0 Å². The monoisotopic (exact) mass is 385 g/mol. The van der Waals surface area contributed by atoms with Gasteiger partial charge in [-0.15, -0.1) is 4.89 Å². The fourth-order valence-electron chi connectivity index (χ4n) is 2.47. The van der Waals surface area contributed by atoms with Crippen LogP contribution in [-0.2, 0) is 8.54 Å². The molecule has 0 fully saturated rings. The first-order valence-electron chi connectivity index (χ1n) is 7.08. The molecule has 0 bridgehead atoms. The molecule has 24 heavy (non-hydrogen) atoms. The van der Waals surface area contributed by atoms with Gasteiger partial charge in [-0.05, 0) is 36.4 Å². The zero-order valence-corrected chi connectivity index (χ0v) is 16.9. The summed E-state index contributed by atoms with van der Waals surface area (Å²) in [5.74, 6) is 0. The Labute approximate surface area is 177 Å². The summed E-state index contributed by atoms with van der Waals surface area (Å²) in [6, 6.07) is 28.9. The Morgan fingerprint density at radius 2 is 1.00 bits per heavy atom. The van der Waals surface area contributed by atoms with Crippen LogP contribution < -0.4 is 0 Å². The predicted molar refractivity (Wildman–Crippen MR) is 101 cm³/mol. The first kappa shape index (κ1) is 19.6. The van der Waals surface area contributed by atoms with Crippen molar-refractivity contribution in [1.82, 2.24) is 0 Å². The van der Waals surface area contributed by atoms with E-state index in [1.807, 2.05) is 91.0 Å². The van der Waals surface area contributed by atoms with Crippen LogP contribution in [0.2, 0.25) is 0 Å². The molecule has 3 rings (SSSR count). The molecule has 0 aliphatic carbocycles. The van der Waals surface area contributed by atoms with Crippen molar-refractivity contribution in [2.24, 2.45) is 0 Å². The summed E-state index contributed by atoms with van der Waals surface area (Å²) in [5, 5.41) is 0. The second-order valence-electron chi connectivity index (χ2n) is 4.81. The Balaban J connectivity index is 0.00000208. The maximum absolute atomic E-state index is 11.7. The van der Waals surface area contributed by atoms with E-state index in [1.54, 1.807) is 0 Å². The van der Waals surface area contributed by atoms with Crippen LogP contribution in [0, 0.1) is 0 Å². The van der Waals surface area contributed by atoms with Gasteiger partial charge in [0, 0.05) is 29.6 Å². The van der Waals surface area contributed by atoms with E-state index in [0.717, 1.165) is 14.7 Å². The predicted octanol–water partition coefficient (Wildman–Crippen LogP) is 5.39. The van der Waals surface area contributed by atoms with Gasteiger partial charge >= 0.3 is 46.0 Å². The summed E-state index contributed by atoms with van der Waals surface area (Å²) in [4.78, 5) is 12.2. The maximum atomic E-state index is 11.7. The number of benzene rings is 3. The third-order valence-corrected chi connectivity index (χ3v) is 7.61. The second-order valence-corrected chi connectivity index (χ2v) is 8.41. The molecule has 1 N–H and O–H groups in total. The van der Waals surface area contributed by atoms with E-state index < -0.39 is 18.6 Å². The molecule has 120 valence electrons. The van der Waals surface area contributed by atoms with E-state index in [0.29, 0.717) is 0 Å². The molecule has 1 unspecified atom stereocenters. The zero-order chi connectivity index (χ0) is 16.1. The number of hydrogen-bond donors (Lipinski definition) is 1. The maximum Gasteiger partial charge on any atom is 2.00 e. The molecule has 0 heterocycles. The van der Waals surface area contributed by atoms with Gasteiger partial charge in [-0.1, -0.05) is 58.6 Å². The Morgan fingerprint density at radius 1 is 0.708 bits per heavy atom. The van der Waals surface area contributed by atoms with Gasteiger partial charge in [0.2, 0.25) is 0 Å². The minimum absolute atomic E-state index is 0. The summed E-state index contributed by atoms with van der Waals surface area (Å²) in [6.45, 7) is 0. The molecule has 6 heteroatoms. The summed E-state index contributed by atoms with van der Waals surface area (Å²) in [6.07, 6.45) is 0. The van der Waals surface area contributed by atoms with E-state index in [-0.39, 0.29) is 40.6 Å². The molecule has 0 saturated carbocycles. The Hall–Kier alpha value is -0.710. The minimum atomic E-state index is -2.77.